The highest BCUT2D eigenvalue weighted by Gasteiger charge is 2.23. The van der Waals surface area contributed by atoms with Gasteiger partial charge in [0.1, 0.15) is 11.8 Å². The molecule has 0 aliphatic carbocycles. The summed E-state index contributed by atoms with van der Waals surface area (Å²) in [6.45, 7) is 6.04. The molecule has 0 fully saturated rings. The Morgan fingerprint density at radius 1 is 1.32 bits per heavy atom. The number of carbonyl (C=O) groups excluding carboxylic acids is 1. The molecule has 0 aliphatic rings. The Kier molecular flexibility index (Phi) is 5.83. The van der Waals surface area contributed by atoms with E-state index < -0.39 is 0 Å². The molecule has 1 rings (SSSR count). The third-order valence-corrected chi connectivity index (χ3v) is 3.05. The number of hydrogen-bond donors (Lipinski definition) is 2. The first-order chi connectivity index (χ1) is 8.95. The van der Waals surface area contributed by atoms with Crippen molar-refractivity contribution in [2.75, 3.05) is 7.11 Å². The van der Waals surface area contributed by atoms with Crippen molar-refractivity contribution in [3.63, 3.8) is 0 Å². The number of carbonyl (C=O) groups is 1. The number of aromatic hydroxyl groups is 1. The van der Waals surface area contributed by atoms with Crippen LogP contribution < -0.4 is 5.32 Å². The number of nitrogens with one attached hydrogen (secondary N) is 1. The lowest BCUT2D eigenvalue weighted by Crippen LogP contribution is -2.40. The van der Waals surface area contributed by atoms with Crippen LogP contribution in [-0.2, 0) is 9.53 Å². The SMILES string of the molecule is COC(=O)C(CC(C)C)NC(C)c1ccccc1O. The zero-order valence-corrected chi connectivity index (χ0v) is 12.0. The molecule has 1 aromatic rings. The van der Waals surface area contributed by atoms with E-state index in [1.54, 1.807) is 12.1 Å². The second kappa shape index (κ2) is 7.14. The highest BCUT2D eigenvalue weighted by molar-refractivity contribution is 5.75. The van der Waals surface area contributed by atoms with Gasteiger partial charge in [-0.25, -0.2) is 0 Å². The van der Waals surface area contributed by atoms with Gasteiger partial charge in [0.25, 0.3) is 0 Å². The second-order valence-electron chi connectivity index (χ2n) is 5.15. The Labute approximate surface area is 114 Å². The van der Waals surface area contributed by atoms with Crippen LogP contribution in [0.3, 0.4) is 0 Å². The predicted molar refractivity (Wildman–Crippen MR) is 74.9 cm³/mol. The van der Waals surface area contributed by atoms with E-state index in [2.05, 4.69) is 19.2 Å². The summed E-state index contributed by atoms with van der Waals surface area (Å²) in [6.07, 6.45) is 0.699. The molecule has 0 saturated heterocycles. The number of methoxy groups -OCH3 is 1. The Hall–Kier alpha value is -1.55. The van der Waals surface area contributed by atoms with Gasteiger partial charge in [0, 0.05) is 11.6 Å². The van der Waals surface area contributed by atoms with Gasteiger partial charge >= 0.3 is 5.97 Å². The lowest BCUT2D eigenvalue weighted by atomic mass is 10.0. The average molecular weight is 265 g/mol. The molecule has 0 amide bonds. The minimum atomic E-state index is -0.361. The number of ether oxygens (including phenoxy) is 1. The van der Waals surface area contributed by atoms with Crippen LogP contribution in [0.2, 0.25) is 0 Å². The molecule has 0 radical (unpaired) electrons. The lowest BCUT2D eigenvalue weighted by molar-refractivity contribution is -0.143. The van der Waals surface area contributed by atoms with Crippen molar-refractivity contribution in [2.24, 2.45) is 5.92 Å². The van der Waals surface area contributed by atoms with Crippen LogP contribution in [0.1, 0.15) is 38.8 Å². The molecule has 19 heavy (non-hydrogen) atoms. The molecule has 2 N–H and O–H groups in total. The van der Waals surface area contributed by atoms with Gasteiger partial charge in [0.15, 0.2) is 0 Å². The summed E-state index contributed by atoms with van der Waals surface area (Å²) in [5.41, 5.74) is 0.778. The summed E-state index contributed by atoms with van der Waals surface area (Å²) in [6, 6.07) is 6.64. The number of benzene rings is 1. The van der Waals surface area contributed by atoms with Gasteiger partial charge in [-0.2, -0.15) is 0 Å². The highest BCUT2D eigenvalue weighted by Crippen LogP contribution is 2.24. The van der Waals surface area contributed by atoms with Gasteiger partial charge in [0.05, 0.1) is 7.11 Å². The van der Waals surface area contributed by atoms with Crippen molar-refractivity contribution in [2.45, 2.75) is 39.3 Å². The third-order valence-electron chi connectivity index (χ3n) is 3.05. The van der Waals surface area contributed by atoms with Gasteiger partial charge in [-0.15, -0.1) is 0 Å². The minimum Gasteiger partial charge on any atom is -0.508 e. The van der Waals surface area contributed by atoms with Crippen LogP contribution in [0.15, 0.2) is 24.3 Å². The number of rotatable bonds is 6. The molecule has 4 nitrogen and oxygen atoms in total. The van der Waals surface area contributed by atoms with Gasteiger partial charge in [-0.3, -0.25) is 10.1 Å². The molecule has 0 saturated carbocycles. The number of phenolic OH excluding ortho intramolecular Hbond substituents is 1. The van der Waals surface area contributed by atoms with E-state index >= 15 is 0 Å². The smallest absolute Gasteiger partial charge is 0.322 e. The summed E-state index contributed by atoms with van der Waals surface area (Å²) in [4.78, 5) is 11.8. The second-order valence-corrected chi connectivity index (χ2v) is 5.15. The summed E-state index contributed by atoms with van der Waals surface area (Å²) in [7, 11) is 1.39. The summed E-state index contributed by atoms with van der Waals surface area (Å²) >= 11 is 0. The van der Waals surface area contributed by atoms with Crippen molar-refractivity contribution in [3.05, 3.63) is 29.8 Å². The van der Waals surface area contributed by atoms with E-state index in [9.17, 15) is 9.90 Å². The van der Waals surface area contributed by atoms with Crippen molar-refractivity contribution in [1.82, 2.24) is 5.32 Å². The van der Waals surface area contributed by atoms with Crippen LogP contribution in [0, 0.1) is 5.92 Å². The van der Waals surface area contributed by atoms with Crippen LogP contribution in [0.25, 0.3) is 0 Å². The van der Waals surface area contributed by atoms with Crippen molar-refractivity contribution < 1.29 is 14.6 Å². The largest absolute Gasteiger partial charge is 0.508 e. The first kappa shape index (κ1) is 15.5. The third kappa shape index (κ3) is 4.56. The van der Waals surface area contributed by atoms with E-state index in [-0.39, 0.29) is 23.8 Å². The summed E-state index contributed by atoms with van der Waals surface area (Å²) in [5.74, 6) is 0.347. The molecule has 0 bridgehead atoms. The standard InChI is InChI=1S/C15H23NO3/c1-10(2)9-13(15(18)19-4)16-11(3)12-7-5-6-8-14(12)17/h5-8,10-11,13,16-17H,9H2,1-4H3. The maximum atomic E-state index is 11.8. The maximum Gasteiger partial charge on any atom is 0.322 e. The first-order valence-electron chi connectivity index (χ1n) is 6.57. The van der Waals surface area contributed by atoms with E-state index in [1.807, 2.05) is 19.1 Å². The van der Waals surface area contributed by atoms with Crippen molar-refractivity contribution in [3.8, 4) is 5.75 Å². The first-order valence-corrected chi connectivity index (χ1v) is 6.57. The Morgan fingerprint density at radius 3 is 2.47 bits per heavy atom. The predicted octanol–water partition coefficient (Wildman–Crippen LogP) is 2.63. The summed E-state index contributed by atoms with van der Waals surface area (Å²) < 4.78 is 4.82. The Balaban J connectivity index is 2.78. The number of esters is 1. The molecule has 0 spiro atoms. The lowest BCUT2D eigenvalue weighted by Gasteiger charge is -2.23. The van der Waals surface area contributed by atoms with Crippen LogP contribution in [-0.4, -0.2) is 24.2 Å². The number of phenols is 1. The maximum absolute atomic E-state index is 11.8. The van der Waals surface area contributed by atoms with Gasteiger partial charge in [0.2, 0.25) is 0 Å². The average Bonchev–Trinajstić information content (AvgIpc) is 2.36. The molecule has 2 unspecified atom stereocenters. The molecule has 0 aliphatic heterocycles. The van der Waals surface area contributed by atoms with E-state index in [0.29, 0.717) is 12.3 Å². The zero-order valence-electron chi connectivity index (χ0n) is 12.0. The van der Waals surface area contributed by atoms with Crippen LogP contribution >= 0.6 is 0 Å². The topological polar surface area (TPSA) is 58.6 Å². The molecule has 4 heteroatoms. The molecule has 0 heterocycles. The van der Waals surface area contributed by atoms with E-state index in [0.717, 1.165) is 5.56 Å². The Morgan fingerprint density at radius 2 is 1.95 bits per heavy atom. The molecule has 0 aromatic heterocycles. The molecule has 106 valence electrons. The van der Waals surface area contributed by atoms with E-state index in [4.69, 9.17) is 4.74 Å². The molecule has 2 atom stereocenters. The van der Waals surface area contributed by atoms with Crippen LogP contribution in [0.4, 0.5) is 0 Å². The fraction of sp³-hybridized carbons (Fsp3) is 0.533. The fourth-order valence-electron chi connectivity index (χ4n) is 2.09. The quantitative estimate of drug-likeness (QED) is 0.776. The van der Waals surface area contributed by atoms with Crippen molar-refractivity contribution >= 4 is 5.97 Å². The monoisotopic (exact) mass is 265 g/mol. The van der Waals surface area contributed by atoms with Gasteiger partial charge in [-0.1, -0.05) is 32.0 Å². The minimum absolute atomic E-state index is 0.121. The zero-order chi connectivity index (χ0) is 14.4. The van der Waals surface area contributed by atoms with E-state index in [1.165, 1.54) is 7.11 Å². The number of para-hydroxylation sites is 1. The van der Waals surface area contributed by atoms with Gasteiger partial charge in [-0.05, 0) is 25.3 Å². The molecular formula is C15H23NO3. The molecular weight excluding hydrogens is 242 g/mol. The molecule has 1 aromatic carbocycles. The van der Waals surface area contributed by atoms with Crippen molar-refractivity contribution in [1.29, 1.82) is 0 Å². The number of hydrogen-bond acceptors (Lipinski definition) is 4. The fourth-order valence-corrected chi connectivity index (χ4v) is 2.09. The highest BCUT2D eigenvalue weighted by atomic mass is 16.5. The van der Waals surface area contributed by atoms with Gasteiger partial charge < -0.3 is 9.84 Å². The summed E-state index contributed by atoms with van der Waals surface area (Å²) in [5, 5.41) is 13.0. The Bertz CT molecular complexity index is 418. The normalized spacial score (nSPS) is 14.2. The van der Waals surface area contributed by atoms with Crippen LogP contribution in [0.5, 0.6) is 5.75 Å².